The van der Waals surface area contributed by atoms with E-state index in [0.717, 1.165) is 16.7 Å². The van der Waals surface area contributed by atoms with Gasteiger partial charge in [0.25, 0.3) is 0 Å². The monoisotopic (exact) mass is 348 g/mol. The fourth-order valence-electron chi connectivity index (χ4n) is 1.52. The minimum Gasteiger partial charge on any atom is -0.224 e. The average Bonchev–Trinajstić information content (AvgIpc) is 2.79. The fraction of sp³-hybridized carbons (Fsp3) is 0.167. The van der Waals surface area contributed by atoms with E-state index in [9.17, 15) is 16.8 Å². The minimum absolute atomic E-state index is 0.00783. The lowest BCUT2D eigenvalue weighted by molar-refractivity contribution is 0.598. The molecule has 0 saturated carbocycles. The molecule has 1 aromatic heterocycles. The molecule has 2 rings (SSSR count). The van der Waals surface area contributed by atoms with Crippen molar-refractivity contribution in [1.82, 2.24) is 0 Å². The van der Waals surface area contributed by atoms with Crippen LogP contribution in [0.25, 0.3) is 0 Å². The Hall–Kier alpha value is -0.830. The van der Waals surface area contributed by atoms with Crippen LogP contribution in [-0.4, -0.2) is 29.3 Å². The minimum atomic E-state index is -3.50. The summed E-state index contributed by atoms with van der Waals surface area (Å²) in [5.41, 5.74) is 0. The van der Waals surface area contributed by atoms with E-state index in [1.54, 1.807) is 0 Å². The molecule has 0 saturated heterocycles. The van der Waals surface area contributed by atoms with Crippen LogP contribution in [0, 0.1) is 0 Å². The second kappa shape index (κ2) is 5.51. The molecule has 0 aliphatic carbocycles. The number of benzene rings is 1. The van der Waals surface area contributed by atoms with Gasteiger partial charge in [0, 0.05) is 17.4 Å². The molecule has 0 amide bonds. The normalized spacial score (nSPS) is 12.5. The maximum absolute atomic E-state index is 11.9. The highest BCUT2D eigenvalue weighted by Gasteiger charge is 2.18. The van der Waals surface area contributed by atoms with Crippen LogP contribution in [0.3, 0.4) is 0 Å². The van der Waals surface area contributed by atoms with E-state index in [1.807, 2.05) is 17.5 Å². The van der Waals surface area contributed by atoms with Crippen molar-refractivity contribution < 1.29 is 16.8 Å². The van der Waals surface area contributed by atoms with Gasteiger partial charge in [-0.25, -0.2) is 16.8 Å². The van der Waals surface area contributed by atoms with Gasteiger partial charge in [-0.05, 0) is 29.6 Å². The summed E-state index contributed by atoms with van der Waals surface area (Å²) in [4.78, 5) is 0.578. The van der Waals surface area contributed by atoms with Gasteiger partial charge >= 0.3 is 0 Å². The molecule has 0 aliphatic rings. The van der Waals surface area contributed by atoms with E-state index in [1.165, 1.54) is 41.3 Å². The molecule has 4 nitrogen and oxygen atoms in total. The van der Waals surface area contributed by atoms with Gasteiger partial charge in [-0.15, -0.1) is 11.3 Å². The molecule has 0 spiro atoms. The van der Waals surface area contributed by atoms with Gasteiger partial charge < -0.3 is 0 Å². The maximum atomic E-state index is 11.9. The molecular formula is C12H12O4S4. The van der Waals surface area contributed by atoms with Gasteiger partial charge in [-0.2, -0.15) is 0 Å². The molecule has 0 fully saturated rings. The molecule has 8 heteroatoms. The Labute approximate surface area is 126 Å². The van der Waals surface area contributed by atoms with E-state index in [4.69, 9.17) is 0 Å². The van der Waals surface area contributed by atoms with Gasteiger partial charge in [0.1, 0.15) is 0 Å². The highest BCUT2D eigenvalue weighted by atomic mass is 32.2. The van der Waals surface area contributed by atoms with Crippen LogP contribution in [0.5, 0.6) is 0 Å². The highest BCUT2D eigenvalue weighted by Crippen LogP contribution is 2.36. The third kappa shape index (κ3) is 3.63. The Morgan fingerprint density at radius 3 is 2.20 bits per heavy atom. The number of hydrogen-bond donors (Lipinski definition) is 0. The summed E-state index contributed by atoms with van der Waals surface area (Å²) in [5, 5.41) is 1.90. The Morgan fingerprint density at radius 1 is 1.00 bits per heavy atom. The third-order valence-corrected chi connectivity index (χ3v) is 6.94. The summed E-state index contributed by atoms with van der Waals surface area (Å²) in [6, 6.07) is 7.95. The fourth-order valence-corrected chi connectivity index (χ4v) is 5.33. The second-order valence-electron chi connectivity index (χ2n) is 4.19. The van der Waals surface area contributed by atoms with Gasteiger partial charge in [-0.3, -0.25) is 0 Å². The number of rotatable bonds is 4. The topological polar surface area (TPSA) is 68.3 Å². The van der Waals surface area contributed by atoms with Crippen LogP contribution in [0.15, 0.2) is 54.6 Å². The van der Waals surface area contributed by atoms with Crippen molar-refractivity contribution in [2.24, 2.45) is 0 Å². The highest BCUT2D eigenvalue weighted by molar-refractivity contribution is 8.02. The number of hydrogen-bond acceptors (Lipinski definition) is 6. The molecule has 0 radical (unpaired) electrons. The van der Waals surface area contributed by atoms with Crippen molar-refractivity contribution in [2.45, 2.75) is 18.9 Å². The van der Waals surface area contributed by atoms with Crippen molar-refractivity contribution >= 4 is 42.8 Å². The smallest absolute Gasteiger partial charge is 0.176 e. The SMILES string of the molecule is CS(=O)(=O)c1ccc(Sc2cccs2)c(S(C)(=O)=O)c1. The molecular weight excluding hydrogens is 336 g/mol. The second-order valence-corrected chi connectivity index (χ2v) is 10.5. The van der Waals surface area contributed by atoms with Gasteiger partial charge in [0.2, 0.25) is 0 Å². The Morgan fingerprint density at radius 2 is 1.70 bits per heavy atom. The quantitative estimate of drug-likeness (QED) is 0.850. The molecule has 2 aromatic rings. The van der Waals surface area contributed by atoms with Crippen LogP contribution in [-0.2, 0) is 19.7 Å². The van der Waals surface area contributed by atoms with Crippen LogP contribution in [0.1, 0.15) is 0 Å². The van der Waals surface area contributed by atoms with E-state index >= 15 is 0 Å². The maximum Gasteiger partial charge on any atom is 0.176 e. The first-order valence-corrected chi connectivity index (χ1v) is 10.9. The summed E-state index contributed by atoms with van der Waals surface area (Å²) >= 11 is 2.81. The Balaban J connectivity index is 2.58. The average molecular weight is 348 g/mol. The van der Waals surface area contributed by atoms with E-state index < -0.39 is 19.7 Å². The van der Waals surface area contributed by atoms with Crippen molar-refractivity contribution in [2.75, 3.05) is 12.5 Å². The molecule has 1 heterocycles. The Bertz CT molecular complexity index is 818. The molecule has 20 heavy (non-hydrogen) atoms. The lowest BCUT2D eigenvalue weighted by Crippen LogP contribution is -2.03. The largest absolute Gasteiger partial charge is 0.224 e. The molecule has 0 unspecified atom stereocenters. The van der Waals surface area contributed by atoms with Gasteiger partial charge in [-0.1, -0.05) is 17.8 Å². The predicted molar refractivity (Wildman–Crippen MR) is 81.1 cm³/mol. The van der Waals surface area contributed by atoms with Crippen molar-refractivity contribution in [3.8, 4) is 0 Å². The van der Waals surface area contributed by atoms with Crippen molar-refractivity contribution in [3.63, 3.8) is 0 Å². The zero-order valence-electron chi connectivity index (χ0n) is 10.7. The molecule has 1 aromatic carbocycles. The lowest BCUT2D eigenvalue weighted by atomic mass is 10.4. The molecule has 0 N–H and O–H groups in total. The summed E-state index contributed by atoms with van der Waals surface area (Å²) in [6.45, 7) is 0. The first kappa shape index (κ1) is 15.6. The summed E-state index contributed by atoms with van der Waals surface area (Å²) in [6.07, 6.45) is 2.13. The van der Waals surface area contributed by atoms with Crippen LogP contribution in [0.2, 0.25) is 0 Å². The Kier molecular flexibility index (Phi) is 4.29. The summed E-state index contributed by atoms with van der Waals surface area (Å²) in [7, 11) is -6.94. The summed E-state index contributed by atoms with van der Waals surface area (Å²) in [5.74, 6) is 0. The summed E-state index contributed by atoms with van der Waals surface area (Å²) < 4.78 is 47.7. The van der Waals surface area contributed by atoms with Crippen LogP contribution in [0.4, 0.5) is 0 Å². The van der Waals surface area contributed by atoms with Gasteiger partial charge in [0.05, 0.1) is 14.0 Å². The molecule has 108 valence electrons. The molecule has 0 bridgehead atoms. The standard InChI is InChI=1S/C12H12O4S4/c1-19(13,14)9-5-6-10(11(8-9)20(2,15)16)18-12-4-3-7-17-12/h3-8H,1-2H3. The zero-order chi connectivity index (χ0) is 15.0. The number of thiophene rings is 1. The van der Waals surface area contributed by atoms with E-state index in [0.29, 0.717) is 4.90 Å². The van der Waals surface area contributed by atoms with E-state index in [-0.39, 0.29) is 9.79 Å². The first-order valence-electron chi connectivity index (χ1n) is 5.43. The van der Waals surface area contributed by atoms with Crippen molar-refractivity contribution in [1.29, 1.82) is 0 Å². The first-order chi connectivity index (χ1) is 9.18. The predicted octanol–water partition coefficient (Wildman–Crippen LogP) is 2.71. The zero-order valence-corrected chi connectivity index (χ0v) is 14.0. The van der Waals surface area contributed by atoms with Crippen molar-refractivity contribution in [3.05, 3.63) is 35.7 Å². The van der Waals surface area contributed by atoms with Crippen LogP contribution < -0.4 is 0 Å². The molecule has 0 atom stereocenters. The number of sulfone groups is 2. The van der Waals surface area contributed by atoms with Gasteiger partial charge in [0.15, 0.2) is 19.7 Å². The van der Waals surface area contributed by atoms with E-state index in [2.05, 4.69) is 0 Å². The lowest BCUT2D eigenvalue weighted by Gasteiger charge is -2.08. The molecule has 0 aliphatic heterocycles. The third-order valence-electron chi connectivity index (χ3n) is 2.45. The van der Waals surface area contributed by atoms with Crippen LogP contribution >= 0.6 is 23.1 Å².